The normalized spacial score (nSPS) is 16.4. The number of aliphatic hydroxyl groups is 1. The summed E-state index contributed by atoms with van der Waals surface area (Å²) >= 11 is 0. The summed E-state index contributed by atoms with van der Waals surface area (Å²) in [6.45, 7) is 1.57. The maximum Gasteiger partial charge on any atom is 0.315 e. The van der Waals surface area contributed by atoms with Crippen molar-refractivity contribution < 1.29 is 9.90 Å². The third kappa shape index (κ3) is 5.32. The van der Waals surface area contributed by atoms with Crippen LogP contribution in [0.1, 0.15) is 43.2 Å². The van der Waals surface area contributed by atoms with Gasteiger partial charge in [0.05, 0.1) is 11.9 Å². The number of hydrogen-bond acceptors (Lipinski definition) is 3. The van der Waals surface area contributed by atoms with Crippen molar-refractivity contribution in [1.29, 1.82) is 0 Å². The van der Waals surface area contributed by atoms with E-state index in [1.54, 1.807) is 12.5 Å². The number of hydrogen-bond donors (Lipinski definition) is 3. The molecule has 0 aliphatic heterocycles. The highest BCUT2D eigenvalue weighted by atomic mass is 16.3. The average molecular weight is 342 g/mol. The molecule has 3 N–H and O–H groups in total. The van der Waals surface area contributed by atoms with E-state index in [9.17, 15) is 9.90 Å². The molecular formula is C19H26N4O2. The molecule has 1 saturated carbocycles. The molecule has 0 bridgehead atoms. The van der Waals surface area contributed by atoms with Crippen LogP contribution in [0, 0.1) is 0 Å². The zero-order chi connectivity index (χ0) is 17.5. The predicted molar refractivity (Wildman–Crippen MR) is 96.0 cm³/mol. The number of nitrogens with zero attached hydrogens (tertiary/aromatic N) is 2. The van der Waals surface area contributed by atoms with Crippen molar-refractivity contribution in [3.63, 3.8) is 0 Å². The number of carbonyl (C=O) groups is 1. The maximum absolute atomic E-state index is 11.9. The second-order valence-corrected chi connectivity index (χ2v) is 6.87. The van der Waals surface area contributed by atoms with E-state index in [0.29, 0.717) is 13.1 Å². The Labute approximate surface area is 148 Å². The van der Waals surface area contributed by atoms with Gasteiger partial charge in [0.1, 0.15) is 0 Å². The molecule has 2 aromatic rings. The van der Waals surface area contributed by atoms with Crippen LogP contribution in [-0.4, -0.2) is 32.8 Å². The van der Waals surface area contributed by atoms with Gasteiger partial charge < -0.3 is 20.3 Å². The van der Waals surface area contributed by atoms with E-state index in [1.165, 1.54) is 12.0 Å². The number of nitrogens with one attached hydrogen (secondary N) is 2. The Morgan fingerprint density at radius 1 is 1.12 bits per heavy atom. The van der Waals surface area contributed by atoms with Crippen molar-refractivity contribution in [3.8, 4) is 0 Å². The van der Waals surface area contributed by atoms with Gasteiger partial charge in [-0.1, -0.05) is 43.5 Å². The minimum atomic E-state index is -0.732. The molecule has 3 rings (SSSR count). The van der Waals surface area contributed by atoms with Crippen LogP contribution < -0.4 is 10.6 Å². The first-order valence-electron chi connectivity index (χ1n) is 8.91. The molecule has 1 fully saturated rings. The molecule has 1 aliphatic rings. The van der Waals surface area contributed by atoms with Gasteiger partial charge in [0.15, 0.2) is 0 Å². The van der Waals surface area contributed by atoms with Crippen LogP contribution in [0.4, 0.5) is 4.79 Å². The van der Waals surface area contributed by atoms with Gasteiger partial charge in [0.2, 0.25) is 0 Å². The summed E-state index contributed by atoms with van der Waals surface area (Å²) in [5.74, 6) is 0. The quantitative estimate of drug-likeness (QED) is 0.754. The van der Waals surface area contributed by atoms with Crippen LogP contribution >= 0.6 is 0 Å². The van der Waals surface area contributed by atoms with Gasteiger partial charge >= 0.3 is 6.03 Å². The van der Waals surface area contributed by atoms with Crippen LogP contribution in [0.5, 0.6) is 0 Å². The summed E-state index contributed by atoms with van der Waals surface area (Å²) in [6, 6.07) is 7.91. The highest BCUT2D eigenvalue weighted by molar-refractivity contribution is 5.73. The monoisotopic (exact) mass is 342 g/mol. The first-order chi connectivity index (χ1) is 12.1. The Bertz CT molecular complexity index is 661. The fourth-order valence-electron chi connectivity index (χ4n) is 3.23. The zero-order valence-electron chi connectivity index (χ0n) is 14.4. The minimum Gasteiger partial charge on any atom is -0.388 e. The topological polar surface area (TPSA) is 79.2 Å². The summed E-state index contributed by atoms with van der Waals surface area (Å²) in [7, 11) is 0. The molecule has 25 heavy (non-hydrogen) atoms. The number of aromatic nitrogens is 2. The van der Waals surface area contributed by atoms with Crippen molar-refractivity contribution in [2.75, 3.05) is 6.54 Å². The molecule has 1 aromatic carbocycles. The molecule has 1 aliphatic carbocycles. The van der Waals surface area contributed by atoms with Crippen molar-refractivity contribution in [3.05, 3.63) is 54.1 Å². The second-order valence-electron chi connectivity index (χ2n) is 6.87. The SMILES string of the molecule is O=C(NCc1ccc(Cn2ccnc2)cc1)NCC1(O)CCCCC1. The lowest BCUT2D eigenvalue weighted by molar-refractivity contribution is 0.00719. The van der Waals surface area contributed by atoms with E-state index in [1.807, 2.05) is 22.9 Å². The average Bonchev–Trinajstić information content (AvgIpc) is 3.13. The second kappa shape index (κ2) is 8.16. The fourth-order valence-corrected chi connectivity index (χ4v) is 3.23. The van der Waals surface area contributed by atoms with Gasteiger partial charge in [-0.2, -0.15) is 0 Å². The van der Waals surface area contributed by atoms with Crippen molar-refractivity contribution in [2.45, 2.75) is 50.8 Å². The predicted octanol–water partition coefficient (Wildman–Crippen LogP) is 2.43. The number of carbonyl (C=O) groups excluding carboxylic acids is 1. The van der Waals surface area contributed by atoms with Crippen molar-refractivity contribution in [2.24, 2.45) is 0 Å². The number of imidazole rings is 1. The summed E-state index contributed by atoms with van der Waals surface area (Å²) in [5.41, 5.74) is 1.50. The van der Waals surface area contributed by atoms with Gasteiger partial charge in [0.25, 0.3) is 0 Å². The molecule has 0 saturated heterocycles. The molecule has 0 atom stereocenters. The Morgan fingerprint density at radius 3 is 2.52 bits per heavy atom. The summed E-state index contributed by atoms with van der Waals surface area (Å²) in [6.07, 6.45) is 10.3. The fraction of sp³-hybridized carbons (Fsp3) is 0.474. The smallest absolute Gasteiger partial charge is 0.315 e. The Balaban J connectivity index is 1.41. The maximum atomic E-state index is 11.9. The van der Waals surface area contributed by atoms with Crippen LogP contribution in [0.3, 0.4) is 0 Å². The van der Waals surface area contributed by atoms with Crippen LogP contribution in [-0.2, 0) is 13.1 Å². The van der Waals surface area contributed by atoms with E-state index in [0.717, 1.165) is 37.8 Å². The lowest BCUT2D eigenvalue weighted by atomic mass is 9.85. The third-order valence-corrected chi connectivity index (χ3v) is 4.76. The molecule has 0 radical (unpaired) electrons. The standard InChI is InChI=1S/C19H26N4O2/c24-18(22-14-19(25)8-2-1-3-9-19)21-12-16-4-6-17(7-5-16)13-23-11-10-20-15-23/h4-7,10-11,15,25H,1-3,8-9,12-14H2,(H2,21,22,24). The zero-order valence-corrected chi connectivity index (χ0v) is 14.4. The van der Waals surface area contributed by atoms with Crippen molar-refractivity contribution >= 4 is 6.03 Å². The lowest BCUT2D eigenvalue weighted by Crippen LogP contribution is -2.47. The van der Waals surface area contributed by atoms with Crippen LogP contribution in [0.25, 0.3) is 0 Å². The molecule has 6 nitrogen and oxygen atoms in total. The van der Waals surface area contributed by atoms with E-state index < -0.39 is 5.60 Å². The minimum absolute atomic E-state index is 0.235. The van der Waals surface area contributed by atoms with E-state index in [2.05, 4.69) is 27.8 Å². The Morgan fingerprint density at radius 2 is 1.84 bits per heavy atom. The first-order valence-corrected chi connectivity index (χ1v) is 8.91. The summed E-state index contributed by atoms with van der Waals surface area (Å²) in [5, 5.41) is 16.0. The largest absolute Gasteiger partial charge is 0.388 e. The molecule has 2 amide bonds. The van der Waals surface area contributed by atoms with Crippen LogP contribution in [0.2, 0.25) is 0 Å². The highest BCUT2D eigenvalue weighted by Gasteiger charge is 2.29. The van der Waals surface area contributed by atoms with Gasteiger partial charge in [-0.3, -0.25) is 0 Å². The van der Waals surface area contributed by atoms with Crippen LogP contribution in [0.15, 0.2) is 43.0 Å². The molecule has 6 heteroatoms. The number of urea groups is 1. The summed E-state index contributed by atoms with van der Waals surface area (Å²) in [4.78, 5) is 16.0. The number of benzene rings is 1. The van der Waals surface area contributed by atoms with E-state index >= 15 is 0 Å². The molecule has 1 heterocycles. The van der Waals surface area contributed by atoms with Gasteiger partial charge in [-0.25, -0.2) is 9.78 Å². The summed E-state index contributed by atoms with van der Waals surface area (Å²) < 4.78 is 2.01. The van der Waals surface area contributed by atoms with Crippen molar-refractivity contribution in [1.82, 2.24) is 20.2 Å². The number of rotatable bonds is 6. The molecular weight excluding hydrogens is 316 g/mol. The Hall–Kier alpha value is -2.34. The first kappa shape index (κ1) is 17.5. The molecule has 134 valence electrons. The van der Waals surface area contributed by atoms with Gasteiger partial charge in [-0.05, 0) is 24.0 Å². The third-order valence-electron chi connectivity index (χ3n) is 4.76. The Kier molecular flexibility index (Phi) is 5.71. The lowest BCUT2D eigenvalue weighted by Gasteiger charge is -2.32. The van der Waals surface area contributed by atoms with E-state index in [4.69, 9.17) is 0 Å². The van der Waals surface area contributed by atoms with Gasteiger partial charge in [-0.15, -0.1) is 0 Å². The van der Waals surface area contributed by atoms with E-state index in [-0.39, 0.29) is 6.03 Å². The molecule has 0 spiro atoms. The molecule has 0 unspecified atom stereocenters. The highest BCUT2D eigenvalue weighted by Crippen LogP contribution is 2.27. The van der Waals surface area contributed by atoms with Gasteiger partial charge in [0, 0.05) is 32.0 Å². The number of amides is 2. The molecule has 1 aromatic heterocycles.